The van der Waals surface area contributed by atoms with Crippen LogP contribution in [0.15, 0.2) is 30.3 Å². The summed E-state index contributed by atoms with van der Waals surface area (Å²) in [6.45, 7) is 3.00. The Hall–Kier alpha value is -0.971. The Morgan fingerprint density at radius 3 is 2.60 bits per heavy atom. The molecular weight excluding hydrogens is 333 g/mol. The van der Waals surface area contributed by atoms with Crippen LogP contribution in [-0.2, 0) is 14.3 Å². The van der Waals surface area contributed by atoms with E-state index in [1.807, 2.05) is 0 Å². The molecule has 1 rings (SSSR count). The van der Waals surface area contributed by atoms with E-state index in [2.05, 4.69) is 4.74 Å². The fraction of sp³-hybridized carbons (Fsp3) is 0.500. The number of rotatable bonds is 8. The number of hydrogen-bond donors (Lipinski definition) is 0. The van der Waals surface area contributed by atoms with Gasteiger partial charge in [-0.15, -0.1) is 0 Å². The summed E-state index contributed by atoms with van der Waals surface area (Å²) in [5, 5.41) is -3.11. The summed E-state index contributed by atoms with van der Waals surface area (Å²) in [6.07, 6.45) is 0.660. The molecule has 3 nitrogen and oxygen atoms in total. The van der Waals surface area contributed by atoms with Crippen LogP contribution in [0.3, 0.4) is 0 Å². The number of alkyl halides is 2. The first-order valence-corrected chi connectivity index (χ1v) is 8.03. The van der Waals surface area contributed by atoms with Crippen molar-refractivity contribution in [2.24, 2.45) is 0 Å². The third-order valence-electron chi connectivity index (χ3n) is 2.37. The number of ether oxygens (including phenoxy) is 2. The normalized spacial score (nSPS) is 13.0. The topological polar surface area (TPSA) is 35.5 Å². The van der Waals surface area contributed by atoms with Crippen molar-refractivity contribution in [1.29, 1.82) is 0 Å². The average Bonchev–Trinajstić information content (AvgIpc) is 2.34. The molecule has 0 radical (unpaired) electrons. The van der Waals surface area contributed by atoms with Gasteiger partial charge in [0.2, 0.25) is 0 Å². The van der Waals surface area contributed by atoms with Crippen molar-refractivity contribution in [3.63, 3.8) is 0 Å². The van der Waals surface area contributed by atoms with Gasteiger partial charge in [0.05, 0.1) is 0 Å². The Morgan fingerprint density at radius 2 is 2.00 bits per heavy atom. The average molecular weight is 351 g/mol. The second kappa shape index (κ2) is 8.35. The molecule has 0 aliphatic rings. The van der Waals surface area contributed by atoms with Crippen molar-refractivity contribution in [2.75, 3.05) is 6.61 Å². The van der Waals surface area contributed by atoms with Crippen LogP contribution in [0.2, 0.25) is 0 Å². The van der Waals surface area contributed by atoms with Crippen molar-refractivity contribution >= 4 is 25.4 Å². The van der Waals surface area contributed by atoms with E-state index in [1.54, 1.807) is 37.3 Å². The van der Waals surface area contributed by atoms with Gasteiger partial charge < -0.3 is 0 Å². The molecule has 0 saturated carbocycles. The summed E-state index contributed by atoms with van der Waals surface area (Å²) in [6, 6.07) is 8.58. The second-order valence-corrected chi connectivity index (χ2v) is 6.70. The van der Waals surface area contributed by atoms with Crippen molar-refractivity contribution in [3.8, 4) is 0 Å². The first-order chi connectivity index (χ1) is 9.39. The van der Waals surface area contributed by atoms with Gasteiger partial charge in [-0.3, -0.25) is 0 Å². The summed E-state index contributed by atoms with van der Waals surface area (Å²) in [7, 11) is 0. The van der Waals surface area contributed by atoms with Crippen LogP contribution in [0.4, 0.5) is 8.78 Å². The molecule has 0 bridgehead atoms. The molecule has 1 unspecified atom stereocenters. The molecule has 1 aromatic carbocycles. The van der Waals surface area contributed by atoms with E-state index < -0.39 is 20.0 Å². The molecule has 0 amide bonds. The number of carbonyl (C=O) groups is 1. The monoisotopic (exact) mass is 352 g/mol. The molecule has 0 fully saturated rings. The van der Waals surface area contributed by atoms with E-state index in [4.69, 9.17) is 4.74 Å². The molecule has 112 valence electrons. The maximum atomic E-state index is 13.6. The van der Waals surface area contributed by atoms with Gasteiger partial charge in [-0.2, -0.15) is 0 Å². The zero-order chi connectivity index (χ0) is 15.0. The molecule has 0 heterocycles. The third kappa shape index (κ3) is 7.58. The summed E-state index contributed by atoms with van der Waals surface area (Å²) < 4.78 is 37.3. The molecular formula is C14H18F2O3Se. The quantitative estimate of drug-likeness (QED) is 0.410. The van der Waals surface area contributed by atoms with Crippen LogP contribution >= 0.6 is 0 Å². The van der Waals surface area contributed by atoms with E-state index >= 15 is 0 Å². The van der Waals surface area contributed by atoms with Gasteiger partial charge in [0.25, 0.3) is 0 Å². The van der Waals surface area contributed by atoms with Gasteiger partial charge in [-0.05, 0) is 0 Å². The van der Waals surface area contributed by atoms with Crippen LogP contribution < -0.4 is 4.46 Å². The van der Waals surface area contributed by atoms with Gasteiger partial charge in [-0.1, -0.05) is 0 Å². The fourth-order valence-electron chi connectivity index (χ4n) is 1.56. The molecule has 20 heavy (non-hydrogen) atoms. The summed E-state index contributed by atoms with van der Waals surface area (Å²) in [5.74, 6) is -0.365. The Balaban J connectivity index is 2.24. The standard InChI is InChI=1S/C14H18F2O3Se/c1-11(19-12(2)17)7-6-10-18-14(15,16)20-13-8-4-3-5-9-13/h3-5,8-9,11H,6-7,10H2,1-2H3. The van der Waals surface area contributed by atoms with Gasteiger partial charge in [0.15, 0.2) is 0 Å². The fourth-order valence-corrected chi connectivity index (χ4v) is 3.05. The zero-order valence-corrected chi connectivity index (χ0v) is 13.2. The summed E-state index contributed by atoms with van der Waals surface area (Å²) in [4.78, 5) is 10.7. The molecule has 0 saturated heterocycles. The van der Waals surface area contributed by atoms with Gasteiger partial charge in [0, 0.05) is 0 Å². The van der Waals surface area contributed by atoms with Crippen LogP contribution in [-0.4, -0.2) is 38.6 Å². The molecule has 0 spiro atoms. The van der Waals surface area contributed by atoms with Gasteiger partial charge in [0.1, 0.15) is 0 Å². The van der Waals surface area contributed by atoms with Crippen molar-refractivity contribution in [2.45, 2.75) is 37.8 Å². The first kappa shape index (κ1) is 17.1. The molecule has 6 heteroatoms. The van der Waals surface area contributed by atoms with Gasteiger partial charge >= 0.3 is 123 Å². The molecule has 1 atom stereocenters. The first-order valence-electron chi connectivity index (χ1n) is 6.32. The van der Waals surface area contributed by atoms with Gasteiger partial charge in [-0.25, -0.2) is 0 Å². The SMILES string of the molecule is CC(=O)OC(C)CCCOC(F)(F)[Se]c1ccccc1. The van der Waals surface area contributed by atoms with Crippen molar-refractivity contribution < 1.29 is 23.0 Å². The summed E-state index contributed by atoms with van der Waals surface area (Å²) >= 11 is -1.05. The number of esters is 1. The molecule has 0 N–H and O–H groups in total. The van der Waals surface area contributed by atoms with E-state index in [9.17, 15) is 13.6 Å². The Kier molecular flexibility index (Phi) is 7.13. The van der Waals surface area contributed by atoms with Crippen LogP contribution in [0.5, 0.6) is 0 Å². The number of carbonyl (C=O) groups excluding carboxylic acids is 1. The summed E-state index contributed by atoms with van der Waals surface area (Å²) in [5.41, 5.74) is 0. The van der Waals surface area contributed by atoms with Crippen molar-refractivity contribution in [3.05, 3.63) is 30.3 Å². The van der Waals surface area contributed by atoms with Crippen LogP contribution in [0.25, 0.3) is 0 Å². The second-order valence-electron chi connectivity index (χ2n) is 4.29. The minimum atomic E-state index is -3.11. The Morgan fingerprint density at radius 1 is 1.35 bits per heavy atom. The molecule has 0 aliphatic carbocycles. The minimum absolute atomic E-state index is 0.0484. The molecule has 0 aromatic heterocycles. The predicted octanol–water partition coefficient (Wildman–Crippen LogP) is 2.31. The Bertz CT molecular complexity index is 412. The molecule has 1 aromatic rings. The predicted molar refractivity (Wildman–Crippen MR) is 73.2 cm³/mol. The van der Waals surface area contributed by atoms with Crippen LogP contribution in [0, 0.1) is 0 Å². The number of benzene rings is 1. The number of halogens is 2. The van der Waals surface area contributed by atoms with E-state index in [0.29, 0.717) is 17.3 Å². The molecule has 0 aliphatic heterocycles. The van der Waals surface area contributed by atoms with E-state index in [-0.39, 0.29) is 18.7 Å². The maximum absolute atomic E-state index is 13.6. The van der Waals surface area contributed by atoms with Crippen LogP contribution in [0.1, 0.15) is 26.7 Å². The van der Waals surface area contributed by atoms with E-state index in [1.165, 1.54) is 6.92 Å². The van der Waals surface area contributed by atoms with E-state index in [0.717, 1.165) is 0 Å². The number of hydrogen-bond acceptors (Lipinski definition) is 3. The van der Waals surface area contributed by atoms with Crippen molar-refractivity contribution in [1.82, 2.24) is 0 Å². The Labute approximate surface area is 123 Å². The zero-order valence-electron chi connectivity index (χ0n) is 11.5. The third-order valence-corrected chi connectivity index (χ3v) is 4.18.